The molecular formula is C18H34N2S. The Balaban J connectivity index is 2.70. The van der Waals surface area contributed by atoms with Crippen molar-refractivity contribution in [3.63, 3.8) is 0 Å². The van der Waals surface area contributed by atoms with Crippen LogP contribution in [0.4, 0.5) is 0 Å². The molecule has 0 saturated heterocycles. The summed E-state index contributed by atoms with van der Waals surface area (Å²) in [7, 11) is 0. The van der Waals surface area contributed by atoms with Crippen molar-refractivity contribution in [1.82, 2.24) is 10.2 Å². The average molecular weight is 311 g/mol. The molecule has 0 unspecified atom stereocenters. The molecule has 122 valence electrons. The van der Waals surface area contributed by atoms with Crippen molar-refractivity contribution >= 4 is 11.3 Å². The smallest absolute Gasteiger partial charge is 0.123 e. The molecule has 0 amide bonds. The van der Waals surface area contributed by atoms with E-state index in [1.165, 1.54) is 61.4 Å². The Morgan fingerprint density at radius 3 is 1.43 bits per heavy atom. The number of rotatable bonds is 10. The summed E-state index contributed by atoms with van der Waals surface area (Å²) in [6.07, 6.45) is 10.2. The summed E-state index contributed by atoms with van der Waals surface area (Å²) in [4.78, 5) is 0. The summed E-state index contributed by atoms with van der Waals surface area (Å²) in [6.45, 7) is 13.8. The highest BCUT2D eigenvalue weighted by Gasteiger charge is 2.29. The Morgan fingerprint density at radius 1 is 0.714 bits per heavy atom. The maximum atomic E-state index is 4.53. The van der Waals surface area contributed by atoms with Crippen LogP contribution in [0, 0.1) is 0 Å². The summed E-state index contributed by atoms with van der Waals surface area (Å²) >= 11 is 1.84. The fourth-order valence-corrected chi connectivity index (χ4v) is 3.72. The maximum absolute atomic E-state index is 4.53. The molecule has 0 radical (unpaired) electrons. The van der Waals surface area contributed by atoms with E-state index >= 15 is 0 Å². The Morgan fingerprint density at radius 2 is 1.10 bits per heavy atom. The Labute approximate surface area is 135 Å². The molecule has 0 aliphatic carbocycles. The molecule has 21 heavy (non-hydrogen) atoms. The molecule has 0 aliphatic rings. The summed E-state index contributed by atoms with van der Waals surface area (Å²) in [5, 5.41) is 11.5. The molecule has 1 heterocycles. The Kier molecular flexibility index (Phi) is 7.32. The lowest BCUT2D eigenvalue weighted by Crippen LogP contribution is -2.17. The SMILES string of the molecule is CCCCCC(C)(C)c1nnc(C(C)(C)CCCCC)s1. The van der Waals surface area contributed by atoms with Crippen LogP contribution in [0.5, 0.6) is 0 Å². The fourth-order valence-electron chi connectivity index (χ4n) is 2.62. The Hall–Kier alpha value is -0.440. The molecule has 0 fully saturated rings. The van der Waals surface area contributed by atoms with Crippen molar-refractivity contribution in [3.05, 3.63) is 10.0 Å². The van der Waals surface area contributed by atoms with Gasteiger partial charge in [0.25, 0.3) is 0 Å². The standard InChI is InChI=1S/C18H34N2S/c1-7-9-11-13-17(3,4)15-19-20-16(21-15)18(5,6)14-12-10-8-2/h7-14H2,1-6H3. The number of aromatic nitrogens is 2. The first-order chi connectivity index (χ1) is 9.83. The van der Waals surface area contributed by atoms with Gasteiger partial charge < -0.3 is 0 Å². The van der Waals surface area contributed by atoms with Gasteiger partial charge >= 0.3 is 0 Å². The highest BCUT2D eigenvalue weighted by atomic mass is 32.1. The van der Waals surface area contributed by atoms with Crippen LogP contribution >= 0.6 is 11.3 Å². The average Bonchev–Trinajstić information content (AvgIpc) is 2.90. The molecule has 1 aromatic rings. The Bertz CT molecular complexity index is 371. The van der Waals surface area contributed by atoms with Crippen LogP contribution in [-0.4, -0.2) is 10.2 Å². The lowest BCUT2D eigenvalue weighted by atomic mass is 9.88. The molecule has 2 nitrogen and oxygen atoms in total. The lowest BCUT2D eigenvalue weighted by molar-refractivity contribution is 0.438. The van der Waals surface area contributed by atoms with Gasteiger partial charge in [-0.3, -0.25) is 0 Å². The van der Waals surface area contributed by atoms with Crippen molar-refractivity contribution in [1.29, 1.82) is 0 Å². The second-order valence-corrected chi connectivity index (χ2v) is 8.57. The van der Waals surface area contributed by atoms with Crippen molar-refractivity contribution in [2.75, 3.05) is 0 Å². The van der Waals surface area contributed by atoms with Crippen molar-refractivity contribution in [2.24, 2.45) is 0 Å². The predicted octanol–water partition coefficient (Wildman–Crippen LogP) is 6.25. The van der Waals surface area contributed by atoms with Crippen molar-refractivity contribution in [3.8, 4) is 0 Å². The minimum absolute atomic E-state index is 0.171. The summed E-state index contributed by atoms with van der Waals surface area (Å²) in [6, 6.07) is 0. The molecular weight excluding hydrogens is 276 g/mol. The molecule has 0 aliphatic heterocycles. The zero-order valence-corrected chi connectivity index (χ0v) is 15.8. The van der Waals surface area contributed by atoms with Crippen LogP contribution in [0.15, 0.2) is 0 Å². The van der Waals surface area contributed by atoms with E-state index in [9.17, 15) is 0 Å². The second kappa shape index (κ2) is 8.26. The van der Waals surface area contributed by atoms with Gasteiger partial charge in [0.05, 0.1) is 0 Å². The van der Waals surface area contributed by atoms with Gasteiger partial charge in [0, 0.05) is 10.8 Å². The minimum Gasteiger partial charge on any atom is -0.143 e. The van der Waals surface area contributed by atoms with Crippen LogP contribution in [0.2, 0.25) is 0 Å². The van der Waals surface area contributed by atoms with E-state index in [4.69, 9.17) is 0 Å². The number of unbranched alkanes of at least 4 members (excludes halogenated alkanes) is 4. The first kappa shape index (κ1) is 18.6. The van der Waals surface area contributed by atoms with E-state index in [0.29, 0.717) is 0 Å². The summed E-state index contributed by atoms with van der Waals surface area (Å²) in [5.74, 6) is 0. The van der Waals surface area contributed by atoms with Crippen LogP contribution in [0.3, 0.4) is 0 Å². The van der Waals surface area contributed by atoms with E-state index in [0.717, 1.165) is 0 Å². The summed E-state index contributed by atoms with van der Waals surface area (Å²) < 4.78 is 0. The highest BCUT2D eigenvalue weighted by molar-refractivity contribution is 7.11. The first-order valence-corrected chi connectivity index (χ1v) is 9.49. The van der Waals surface area contributed by atoms with Crippen LogP contribution in [0.1, 0.15) is 103 Å². The molecule has 0 atom stereocenters. The number of nitrogens with zero attached hydrogens (tertiary/aromatic N) is 2. The molecule has 1 rings (SSSR count). The third kappa shape index (κ3) is 5.69. The van der Waals surface area contributed by atoms with Gasteiger partial charge in [0.2, 0.25) is 0 Å². The number of hydrogen-bond donors (Lipinski definition) is 0. The molecule has 0 spiro atoms. The van der Waals surface area contributed by atoms with E-state index in [-0.39, 0.29) is 10.8 Å². The minimum atomic E-state index is 0.171. The van der Waals surface area contributed by atoms with Crippen LogP contribution < -0.4 is 0 Å². The molecule has 0 saturated carbocycles. The fraction of sp³-hybridized carbons (Fsp3) is 0.889. The largest absolute Gasteiger partial charge is 0.143 e. The molecule has 0 bridgehead atoms. The third-order valence-corrected chi connectivity index (χ3v) is 6.05. The van der Waals surface area contributed by atoms with Gasteiger partial charge in [-0.2, -0.15) is 0 Å². The maximum Gasteiger partial charge on any atom is 0.123 e. The van der Waals surface area contributed by atoms with E-state index < -0.39 is 0 Å². The first-order valence-electron chi connectivity index (χ1n) is 8.68. The summed E-state index contributed by atoms with van der Waals surface area (Å²) in [5.41, 5.74) is 0.342. The highest BCUT2D eigenvalue weighted by Crippen LogP contribution is 2.37. The second-order valence-electron chi connectivity index (χ2n) is 7.59. The quantitative estimate of drug-likeness (QED) is 0.477. The van der Waals surface area contributed by atoms with Crippen LogP contribution in [-0.2, 0) is 10.8 Å². The third-order valence-electron chi connectivity index (χ3n) is 4.39. The predicted molar refractivity (Wildman–Crippen MR) is 94.2 cm³/mol. The van der Waals surface area contributed by atoms with Gasteiger partial charge in [0.1, 0.15) is 10.0 Å². The molecule has 0 aromatic carbocycles. The van der Waals surface area contributed by atoms with Crippen LogP contribution in [0.25, 0.3) is 0 Å². The molecule has 0 N–H and O–H groups in total. The topological polar surface area (TPSA) is 25.8 Å². The van der Waals surface area contributed by atoms with E-state index in [2.05, 4.69) is 51.7 Å². The van der Waals surface area contributed by atoms with Gasteiger partial charge in [-0.15, -0.1) is 21.5 Å². The van der Waals surface area contributed by atoms with Gasteiger partial charge in [-0.05, 0) is 12.8 Å². The molecule has 1 aromatic heterocycles. The van der Waals surface area contributed by atoms with E-state index in [1.54, 1.807) is 0 Å². The zero-order valence-electron chi connectivity index (χ0n) is 15.0. The van der Waals surface area contributed by atoms with Crippen molar-refractivity contribution < 1.29 is 0 Å². The van der Waals surface area contributed by atoms with Gasteiger partial charge in [0.15, 0.2) is 0 Å². The zero-order chi connectivity index (χ0) is 15.9. The van der Waals surface area contributed by atoms with Crippen molar-refractivity contribution in [2.45, 2.75) is 104 Å². The number of hydrogen-bond acceptors (Lipinski definition) is 3. The monoisotopic (exact) mass is 310 g/mol. The van der Waals surface area contributed by atoms with E-state index in [1.807, 2.05) is 11.3 Å². The normalized spacial score (nSPS) is 12.9. The van der Waals surface area contributed by atoms with Gasteiger partial charge in [-0.25, -0.2) is 0 Å². The molecule has 3 heteroatoms. The van der Waals surface area contributed by atoms with Gasteiger partial charge in [-0.1, -0.05) is 80.1 Å². The lowest BCUT2D eigenvalue weighted by Gasteiger charge is -2.22.